The van der Waals surface area contributed by atoms with Crippen LogP contribution in [0.1, 0.15) is 36.7 Å². The van der Waals surface area contributed by atoms with Gasteiger partial charge in [-0.15, -0.1) is 0 Å². The quantitative estimate of drug-likeness (QED) is 0.853. The van der Waals surface area contributed by atoms with Crippen LogP contribution in [-0.2, 0) is 5.41 Å². The van der Waals surface area contributed by atoms with Gasteiger partial charge in [-0.3, -0.25) is 4.79 Å². The summed E-state index contributed by atoms with van der Waals surface area (Å²) < 4.78 is 18.4. The van der Waals surface area contributed by atoms with E-state index >= 15 is 0 Å². The van der Waals surface area contributed by atoms with Crippen molar-refractivity contribution in [3.63, 3.8) is 0 Å². The number of halogens is 2. The van der Waals surface area contributed by atoms with Gasteiger partial charge in [-0.05, 0) is 41.3 Å². The van der Waals surface area contributed by atoms with Crippen LogP contribution in [0, 0.1) is 5.82 Å². The standard InChI is InChI=1S/C18H19ClFNO2/c1-18(2,3)11-5-8-16(23-4)15(9-11)21-17(22)13-7-6-12(20)10-14(13)19/h5-10H,1-4H3,(H,21,22). The van der Waals surface area contributed by atoms with E-state index in [9.17, 15) is 9.18 Å². The lowest BCUT2D eigenvalue weighted by Crippen LogP contribution is -2.16. The van der Waals surface area contributed by atoms with Crippen molar-refractivity contribution in [2.24, 2.45) is 0 Å². The summed E-state index contributed by atoms with van der Waals surface area (Å²) in [5, 5.41) is 2.84. The van der Waals surface area contributed by atoms with Crippen LogP contribution in [0.4, 0.5) is 10.1 Å². The number of hydrogen-bond acceptors (Lipinski definition) is 2. The first-order valence-electron chi connectivity index (χ1n) is 7.17. The third-order valence-electron chi connectivity index (χ3n) is 3.49. The fourth-order valence-electron chi connectivity index (χ4n) is 2.14. The van der Waals surface area contributed by atoms with E-state index in [0.29, 0.717) is 11.4 Å². The van der Waals surface area contributed by atoms with Crippen LogP contribution in [-0.4, -0.2) is 13.0 Å². The van der Waals surface area contributed by atoms with Gasteiger partial charge in [-0.25, -0.2) is 4.39 Å². The number of ether oxygens (including phenoxy) is 1. The molecule has 1 amide bonds. The summed E-state index contributed by atoms with van der Waals surface area (Å²) in [5.74, 6) is -0.359. The molecule has 0 fully saturated rings. The minimum atomic E-state index is -0.487. The van der Waals surface area contributed by atoms with Crippen LogP contribution in [0.2, 0.25) is 5.02 Å². The molecule has 1 N–H and O–H groups in total. The number of methoxy groups -OCH3 is 1. The van der Waals surface area contributed by atoms with Gasteiger partial charge >= 0.3 is 0 Å². The maximum Gasteiger partial charge on any atom is 0.257 e. The summed E-state index contributed by atoms with van der Waals surface area (Å²) in [6.07, 6.45) is 0. The number of amides is 1. The smallest absolute Gasteiger partial charge is 0.257 e. The molecule has 0 saturated carbocycles. The van der Waals surface area contributed by atoms with Crippen LogP contribution in [0.3, 0.4) is 0 Å². The Morgan fingerprint density at radius 3 is 2.43 bits per heavy atom. The number of hydrogen-bond donors (Lipinski definition) is 1. The Kier molecular flexibility index (Phi) is 4.95. The first-order chi connectivity index (χ1) is 10.7. The molecule has 2 rings (SSSR count). The number of rotatable bonds is 3. The zero-order chi connectivity index (χ0) is 17.2. The Balaban J connectivity index is 2.36. The molecule has 2 aromatic carbocycles. The van der Waals surface area contributed by atoms with Gasteiger partial charge < -0.3 is 10.1 Å². The Morgan fingerprint density at radius 1 is 1.17 bits per heavy atom. The first-order valence-corrected chi connectivity index (χ1v) is 7.55. The number of anilines is 1. The normalized spacial score (nSPS) is 11.2. The van der Waals surface area contributed by atoms with Gasteiger partial charge in [0.25, 0.3) is 5.91 Å². The van der Waals surface area contributed by atoms with Crippen LogP contribution in [0.5, 0.6) is 5.75 Å². The number of carbonyl (C=O) groups excluding carboxylic acids is 1. The van der Waals surface area contributed by atoms with E-state index in [1.54, 1.807) is 0 Å². The number of nitrogens with one attached hydrogen (secondary N) is 1. The van der Waals surface area contributed by atoms with Crippen molar-refractivity contribution < 1.29 is 13.9 Å². The van der Waals surface area contributed by atoms with Crippen molar-refractivity contribution in [3.8, 4) is 5.75 Å². The molecule has 0 spiro atoms. The highest BCUT2D eigenvalue weighted by Gasteiger charge is 2.18. The Labute approximate surface area is 140 Å². The van der Waals surface area contributed by atoms with Crippen molar-refractivity contribution in [1.29, 1.82) is 0 Å². The Morgan fingerprint density at radius 2 is 1.87 bits per heavy atom. The molecule has 0 heterocycles. The monoisotopic (exact) mass is 335 g/mol. The van der Waals surface area contributed by atoms with Gasteiger partial charge in [0.05, 0.1) is 23.4 Å². The molecule has 122 valence electrons. The van der Waals surface area contributed by atoms with E-state index in [0.717, 1.165) is 11.6 Å². The highest BCUT2D eigenvalue weighted by Crippen LogP contribution is 2.32. The van der Waals surface area contributed by atoms with E-state index in [-0.39, 0.29) is 16.0 Å². The molecular weight excluding hydrogens is 317 g/mol. The van der Waals surface area contributed by atoms with Crippen molar-refractivity contribution in [2.45, 2.75) is 26.2 Å². The van der Waals surface area contributed by atoms with Gasteiger partial charge in [0.2, 0.25) is 0 Å². The number of carbonyl (C=O) groups is 1. The highest BCUT2D eigenvalue weighted by molar-refractivity contribution is 6.34. The Hall–Kier alpha value is -2.07. The molecule has 0 aliphatic carbocycles. The molecule has 0 aromatic heterocycles. The van der Waals surface area contributed by atoms with Crippen LogP contribution in [0.25, 0.3) is 0 Å². The van der Waals surface area contributed by atoms with Gasteiger partial charge in [-0.1, -0.05) is 38.4 Å². The summed E-state index contributed by atoms with van der Waals surface area (Å²) in [7, 11) is 1.53. The van der Waals surface area contributed by atoms with E-state index < -0.39 is 11.7 Å². The minimum Gasteiger partial charge on any atom is -0.495 e. The fraction of sp³-hybridized carbons (Fsp3) is 0.278. The minimum absolute atomic E-state index is 0.0634. The average Bonchev–Trinajstić information content (AvgIpc) is 2.46. The first kappa shape index (κ1) is 17.3. The zero-order valence-corrected chi connectivity index (χ0v) is 14.3. The number of benzene rings is 2. The lowest BCUT2D eigenvalue weighted by Gasteiger charge is -2.21. The van der Waals surface area contributed by atoms with Crippen molar-refractivity contribution in [2.75, 3.05) is 12.4 Å². The molecule has 0 atom stereocenters. The summed E-state index contributed by atoms with van der Waals surface area (Å²) >= 11 is 5.94. The molecule has 0 bridgehead atoms. The topological polar surface area (TPSA) is 38.3 Å². The summed E-state index contributed by atoms with van der Waals surface area (Å²) in [6, 6.07) is 9.30. The van der Waals surface area contributed by atoms with Gasteiger partial charge in [0.15, 0.2) is 0 Å². The van der Waals surface area contributed by atoms with Gasteiger partial charge in [-0.2, -0.15) is 0 Å². The van der Waals surface area contributed by atoms with Crippen molar-refractivity contribution >= 4 is 23.2 Å². The van der Waals surface area contributed by atoms with Crippen LogP contribution >= 0.6 is 11.6 Å². The van der Waals surface area contributed by atoms with E-state index in [1.807, 2.05) is 18.2 Å². The Bertz CT molecular complexity index is 738. The second kappa shape index (κ2) is 6.59. The third-order valence-corrected chi connectivity index (χ3v) is 3.80. The third kappa shape index (κ3) is 4.02. The van der Waals surface area contributed by atoms with E-state index in [2.05, 4.69) is 26.1 Å². The lowest BCUT2D eigenvalue weighted by molar-refractivity contribution is 0.102. The van der Waals surface area contributed by atoms with Crippen molar-refractivity contribution in [3.05, 3.63) is 58.4 Å². The fourth-order valence-corrected chi connectivity index (χ4v) is 2.39. The summed E-state index contributed by atoms with van der Waals surface area (Å²) in [5.41, 5.74) is 1.74. The maximum absolute atomic E-state index is 13.1. The van der Waals surface area contributed by atoms with Gasteiger partial charge in [0.1, 0.15) is 11.6 Å². The molecule has 0 aliphatic rings. The molecule has 0 unspecified atom stereocenters. The predicted octanol–water partition coefficient (Wildman–Crippen LogP) is 5.04. The molecule has 2 aromatic rings. The molecule has 23 heavy (non-hydrogen) atoms. The molecule has 5 heteroatoms. The molecule has 0 radical (unpaired) electrons. The van der Waals surface area contributed by atoms with Crippen molar-refractivity contribution in [1.82, 2.24) is 0 Å². The SMILES string of the molecule is COc1ccc(C(C)(C)C)cc1NC(=O)c1ccc(F)cc1Cl. The largest absolute Gasteiger partial charge is 0.495 e. The zero-order valence-electron chi connectivity index (χ0n) is 13.5. The molecular formula is C18H19ClFNO2. The predicted molar refractivity (Wildman–Crippen MR) is 91.1 cm³/mol. The molecule has 3 nitrogen and oxygen atoms in total. The maximum atomic E-state index is 13.1. The summed E-state index contributed by atoms with van der Waals surface area (Å²) in [6.45, 7) is 6.24. The molecule has 0 saturated heterocycles. The second-order valence-electron chi connectivity index (χ2n) is 6.24. The van der Waals surface area contributed by atoms with E-state index in [1.165, 1.54) is 19.2 Å². The van der Waals surface area contributed by atoms with Crippen LogP contribution < -0.4 is 10.1 Å². The van der Waals surface area contributed by atoms with Crippen LogP contribution in [0.15, 0.2) is 36.4 Å². The average molecular weight is 336 g/mol. The second-order valence-corrected chi connectivity index (χ2v) is 6.65. The lowest BCUT2D eigenvalue weighted by atomic mass is 9.87. The van der Waals surface area contributed by atoms with Gasteiger partial charge in [0, 0.05) is 0 Å². The summed E-state index contributed by atoms with van der Waals surface area (Å²) in [4.78, 5) is 12.4. The van der Waals surface area contributed by atoms with E-state index in [4.69, 9.17) is 16.3 Å². The highest BCUT2D eigenvalue weighted by atomic mass is 35.5. The molecule has 0 aliphatic heterocycles.